The van der Waals surface area contributed by atoms with Gasteiger partial charge in [-0.15, -0.1) is 0 Å². The van der Waals surface area contributed by atoms with Gasteiger partial charge in [0.05, 0.1) is 19.3 Å². The fourth-order valence-electron chi connectivity index (χ4n) is 3.26. The molecule has 1 aliphatic rings. The molecule has 2 heterocycles. The summed E-state index contributed by atoms with van der Waals surface area (Å²) >= 11 is 5.93. The Bertz CT molecular complexity index is 967. The smallest absolute Gasteiger partial charge is 0.269 e. The van der Waals surface area contributed by atoms with Crippen molar-refractivity contribution in [2.75, 3.05) is 20.2 Å². The highest BCUT2D eigenvalue weighted by atomic mass is 35.5. The van der Waals surface area contributed by atoms with E-state index in [4.69, 9.17) is 16.3 Å². The summed E-state index contributed by atoms with van der Waals surface area (Å²) in [4.78, 5) is 12.3. The van der Waals surface area contributed by atoms with Crippen LogP contribution in [-0.4, -0.2) is 35.9 Å². The van der Waals surface area contributed by atoms with Crippen LogP contribution in [0.5, 0.6) is 5.75 Å². The monoisotopic (exact) mass is 396 g/mol. The number of hydrogen-bond acceptors (Lipinski definition) is 4. The van der Waals surface area contributed by atoms with Crippen LogP contribution < -0.4 is 15.4 Å². The molecule has 0 bridgehead atoms. The second-order valence-electron chi connectivity index (χ2n) is 6.64. The minimum absolute atomic E-state index is 0.0907. The third-order valence-electron chi connectivity index (χ3n) is 4.81. The first-order chi connectivity index (χ1) is 13.6. The van der Waals surface area contributed by atoms with E-state index in [0.29, 0.717) is 12.2 Å². The molecule has 6 nitrogen and oxygen atoms in total. The third-order valence-corrected chi connectivity index (χ3v) is 5.06. The van der Waals surface area contributed by atoms with E-state index in [-0.39, 0.29) is 12.1 Å². The maximum atomic E-state index is 12.3. The number of benzene rings is 2. The number of fused-ring (bicyclic) bond motifs is 1. The van der Waals surface area contributed by atoms with Crippen LogP contribution in [0.15, 0.2) is 54.6 Å². The van der Waals surface area contributed by atoms with Crippen LogP contribution in [0.3, 0.4) is 0 Å². The summed E-state index contributed by atoms with van der Waals surface area (Å²) in [6.45, 7) is 1.26. The van der Waals surface area contributed by atoms with Crippen molar-refractivity contribution in [3.05, 3.63) is 70.9 Å². The van der Waals surface area contributed by atoms with Crippen molar-refractivity contribution in [3.63, 3.8) is 0 Å². The summed E-state index contributed by atoms with van der Waals surface area (Å²) in [5, 5.41) is 11.8. The predicted octanol–water partition coefficient (Wildman–Crippen LogP) is 3.29. The summed E-state index contributed by atoms with van der Waals surface area (Å²) in [5.41, 5.74) is 3.46. The third kappa shape index (κ3) is 3.88. The Morgan fingerprint density at radius 3 is 2.68 bits per heavy atom. The number of aromatic nitrogens is 2. The van der Waals surface area contributed by atoms with Crippen molar-refractivity contribution in [3.8, 4) is 17.0 Å². The zero-order valence-electron chi connectivity index (χ0n) is 15.5. The summed E-state index contributed by atoms with van der Waals surface area (Å²) in [7, 11) is 1.63. The first kappa shape index (κ1) is 18.5. The van der Waals surface area contributed by atoms with Crippen molar-refractivity contribution in [1.82, 2.24) is 20.4 Å². The van der Waals surface area contributed by atoms with E-state index in [1.165, 1.54) is 5.56 Å². The Kier molecular flexibility index (Phi) is 5.32. The van der Waals surface area contributed by atoms with Crippen LogP contribution >= 0.6 is 11.6 Å². The topological polar surface area (TPSA) is 68.2 Å². The summed E-state index contributed by atoms with van der Waals surface area (Å²) in [5.74, 6) is 0.676. The normalized spacial score (nSPS) is 15.8. The summed E-state index contributed by atoms with van der Waals surface area (Å²) < 4.78 is 6.98. The molecule has 1 amide bonds. The standard InChI is InChI=1S/C21H21ClN4O2/c1-28-17-8-4-15(5-9-17)18-12-19-21(27)24-13-20(26(19)25-18)23-11-10-14-2-6-16(22)7-3-14/h2-9,12,20,23H,10-11,13H2,1H3,(H,24,27). The van der Waals surface area contributed by atoms with Crippen molar-refractivity contribution in [1.29, 1.82) is 0 Å². The number of halogens is 1. The van der Waals surface area contributed by atoms with Crippen LogP contribution in [0.25, 0.3) is 11.3 Å². The lowest BCUT2D eigenvalue weighted by Gasteiger charge is -2.25. The zero-order valence-corrected chi connectivity index (χ0v) is 16.2. The lowest BCUT2D eigenvalue weighted by atomic mass is 10.1. The van der Waals surface area contributed by atoms with Gasteiger partial charge in [-0.2, -0.15) is 5.10 Å². The highest BCUT2D eigenvalue weighted by molar-refractivity contribution is 6.30. The molecule has 1 atom stereocenters. The summed E-state index contributed by atoms with van der Waals surface area (Å²) in [6, 6.07) is 17.3. The van der Waals surface area contributed by atoms with E-state index in [1.54, 1.807) is 11.8 Å². The van der Waals surface area contributed by atoms with Crippen LogP contribution in [0.2, 0.25) is 5.02 Å². The molecule has 3 aromatic rings. The van der Waals surface area contributed by atoms with Crippen molar-refractivity contribution in [2.45, 2.75) is 12.6 Å². The quantitative estimate of drug-likeness (QED) is 0.671. The molecule has 1 aliphatic heterocycles. The molecule has 1 aromatic heterocycles. The first-order valence-electron chi connectivity index (χ1n) is 9.14. The molecule has 7 heteroatoms. The second-order valence-corrected chi connectivity index (χ2v) is 7.08. The Labute approximate surface area is 168 Å². The highest BCUT2D eigenvalue weighted by Crippen LogP contribution is 2.24. The zero-order chi connectivity index (χ0) is 19.5. The SMILES string of the molecule is COc1ccc(-c2cc3n(n2)C(NCCc2ccc(Cl)cc2)CNC3=O)cc1. The van der Waals surface area contributed by atoms with Crippen LogP contribution in [0, 0.1) is 0 Å². The largest absolute Gasteiger partial charge is 0.497 e. The molecule has 2 aromatic carbocycles. The molecule has 1 unspecified atom stereocenters. The van der Waals surface area contributed by atoms with Gasteiger partial charge in [-0.05, 0) is 54.4 Å². The Morgan fingerprint density at radius 1 is 1.21 bits per heavy atom. The van der Waals surface area contributed by atoms with E-state index >= 15 is 0 Å². The molecule has 0 spiro atoms. The van der Waals surface area contributed by atoms with Gasteiger partial charge in [-0.1, -0.05) is 23.7 Å². The lowest BCUT2D eigenvalue weighted by molar-refractivity contribution is 0.0901. The Hall–Kier alpha value is -2.83. The van der Waals surface area contributed by atoms with E-state index < -0.39 is 0 Å². The number of amides is 1. The van der Waals surface area contributed by atoms with Gasteiger partial charge in [0.25, 0.3) is 5.91 Å². The molecule has 28 heavy (non-hydrogen) atoms. The Morgan fingerprint density at radius 2 is 1.96 bits per heavy atom. The van der Waals surface area contributed by atoms with E-state index in [1.807, 2.05) is 54.6 Å². The number of hydrogen-bond donors (Lipinski definition) is 2. The van der Waals surface area contributed by atoms with E-state index in [9.17, 15) is 4.79 Å². The van der Waals surface area contributed by atoms with Gasteiger partial charge in [0.15, 0.2) is 0 Å². The van der Waals surface area contributed by atoms with Crippen LogP contribution in [-0.2, 0) is 6.42 Å². The number of nitrogens with zero attached hydrogens (tertiary/aromatic N) is 2. The molecule has 0 saturated carbocycles. The maximum Gasteiger partial charge on any atom is 0.269 e. The fraction of sp³-hybridized carbons (Fsp3) is 0.238. The number of methoxy groups -OCH3 is 1. The lowest BCUT2D eigenvalue weighted by Crippen LogP contribution is -2.45. The summed E-state index contributed by atoms with van der Waals surface area (Å²) in [6.07, 6.45) is 0.774. The molecule has 0 aliphatic carbocycles. The number of carbonyl (C=O) groups is 1. The van der Waals surface area contributed by atoms with Gasteiger partial charge >= 0.3 is 0 Å². The van der Waals surface area contributed by atoms with Gasteiger partial charge < -0.3 is 10.1 Å². The van der Waals surface area contributed by atoms with Gasteiger partial charge in [0.1, 0.15) is 17.6 Å². The van der Waals surface area contributed by atoms with Crippen LogP contribution in [0.1, 0.15) is 22.2 Å². The average Bonchev–Trinajstić information content (AvgIpc) is 3.18. The van der Waals surface area contributed by atoms with Crippen LogP contribution in [0.4, 0.5) is 0 Å². The highest BCUT2D eigenvalue weighted by Gasteiger charge is 2.27. The average molecular weight is 397 g/mol. The maximum absolute atomic E-state index is 12.3. The molecule has 0 fully saturated rings. The molecule has 4 rings (SSSR count). The van der Waals surface area contributed by atoms with Gasteiger partial charge in [-0.3, -0.25) is 10.1 Å². The van der Waals surface area contributed by atoms with Gasteiger partial charge in [-0.25, -0.2) is 4.68 Å². The van der Waals surface area contributed by atoms with Gasteiger partial charge in [0.2, 0.25) is 0 Å². The molecule has 0 radical (unpaired) electrons. The molecule has 0 saturated heterocycles. The molecule has 2 N–H and O–H groups in total. The minimum Gasteiger partial charge on any atom is -0.497 e. The molecular weight excluding hydrogens is 376 g/mol. The minimum atomic E-state index is -0.108. The van der Waals surface area contributed by atoms with Crippen molar-refractivity contribution < 1.29 is 9.53 Å². The number of nitrogens with one attached hydrogen (secondary N) is 2. The van der Waals surface area contributed by atoms with E-state index in [2.05, 4.69) is 15.7 Å². The van der Waals surface area contributed by atoms with E-state index in [0.717, 1.165) is 35.0 Å². The van der Waals surface area contributed by atoms with Gasteiger partial charge in [0, 0.05) is 17.1 Å². The second kappa shape index (κ2) is 8.04. The predicted molar refractivity (Wildman–Crippen MR) is 109 cm³/mol. The Balaban J connectivity index is 1.49. The number of rotatable bonds is 6. The fourth-order valence-corrected chi connectivity index (χ4v) is 3.39. The molecular formula is C21H21ClN4O2. The molecule has 144 valence electrons. The van der Waals surface area contributed by atoms with Crippen molar-refractivity contribution in [2.24, 2.45) is 0 Å². The number of carbonyl (C=O) groups excluding carboxylic acids is 1. The number of ether oxygens (including phenoxy) is 1. The van der Waals surface area contributed by atoms with Crippen molar-refractivity contribution >= 4 is 17.5 Å². The first-order valence-corrected chi connectivity index (χ1v) is 9.52.